The van der Waals surface area contributed by atoms with Gasteiger partial charge in [0.05, 0.1) is 4.90 Å². The first-order chi connectivity index (χ1) is 14.3. The predicted octanol–water partition coefficient (Wildman–Crippen LogP) is 4.43. The van der Waals surface area contributed by atoms with Gasteiger partial charge in [0.2, 0.25) is 0 Å². The Morgan fingerprint density at radius 3 is 2.33 bits per heavy atom. The first-order valence-corrected chi connectivity index (χ1v) is 10.9. The average molecular weight is 425 g/mol. The minimum absolute atomic E-state index is 0.121. The molecule has 3 aromatic rings. The Kier molecular flexibility index (Phi) is 6.42. The number of hydrogen-bond donors (Lipinski definition) is 2. The molecule has 0 atom stereocenters. The maximum atomic E-state index is 12.6. The van der Waals surface area contributed by atoms with Gasteiger partial charge < -0.3 is 10.1 Å². The standard InChI is InChI=1S/C23H24N2O4S/c1-16-8-7-11-21(18(16)3)24-23(26)15-29-22-13-12-20(14-17(22)2)30(27,28)25-19-9-5-4-6-10-19/h4-14,25H,15H2,1-3H3,(H,24,26). The molecule has 0 spiro atoms. The van der Waals surface area contributed by atoms with Crippen molar-refractivity contribution in [2.75, 3.05) is 16.6 Å². The summed E-state index contributed by atoms with van der Waals surface area (Å²) in [4.78, 5) is 12.4. The molecule has 1 amide bonds. The first kappa shape index (κ1) is 21.4. The van der Waals surface area contributed by atoms with Crippen molar-refractivity contribution in [3.8, 4) is 5.75 Å². The van der Waals surface area contributed by atoms with Crippen molar-refractivity contribution in [3.05, 3.63) is 83.4 Å². The highest BCUT2D eigenvalue weighted by molar-refractivity contribution is 7.92. The van der Waals surface area contributed by atoms with Crippen molar-refractivity contribution in [1.29, 1.82) is 0 Å². The fourth-order valence-corrected chi connectivity index (χ4v) is 4.03. The van der Waals surface area contributed by atoms with Crippen LogP contribution in [-0.2, 0) is 14.8 Å². The van der Waals surface area contributed by atoms with E-state index in [9.17, 15) is 13.2 Å². The van der Waals surface area contributed by atoms with E-state index in [4.69, 9.17) is 4.74 Å². The summed E-state index contributed by atoms with van der Waals surface area (Å²) in [7, 11) is -3.72. The zero-order valence-corrected chi connectivity index (χ0v) is 17.9. The van der Waals surface area contributed by atoms with E-state index in [-0.39, 0.29) is 17.4 Å². The molecule has 7 heteroatoms. The van der Waals surface area contributed by atoms with Crippen LogP contribution in [0, 0.1) is 20.8 Å². The van der Waals surface area contributed by atoms with Gasteiger partial charge in [0.25, 0.3) is 15.9 Å². The number of aryl methyl sites for hydroxylation is 2. The number of benzene rings is 3. The Bertz CT molecular complexity index is 1160. The lowest BCUT2D eigenvalue weighted by Gasteiger charge is -2.13. The molecular formula is C23H24N2O4S. The highest BCUT2D eigenvalue weighted by atomic mass is 32.2. The molecule has 0 aromatic heterocycles. The van der Waals surface area contributed by atoms with Crippen molar-refractivity contribution in [3.63, 3.8) is 0 Å². The molecule has 0 fully saturated rings. The normalized spacial score (nSPS) is 11.0. The van der Waals surface area contributed by atoms with Gasteiger partial charge in [0, 0.05) is 11.4 Å². The van der Waals surface area contributed by atoms with Crippen LogP contribution < -0.4 is 14.8 Å². The van der Waals surface area contributed by atoms with E-state index in [1.54, 1.807) is 37.3 Å². The molecule has 0 aliphatic heterocycles. The fraction of sp³-hybridized carbons (Fsp3) is 0.174. The Morgan fingerprint density at radius 2 is 1.63 bits per heavy atom. The van der Waals surface area contributed by atoms with Crippen molar-refractivity contribution >= 4 is 27.3 Å². The Morgan fingerprint density at radius 1 is 0.900 bits per heavy atom. The number of rotatable bonds is 7. The first-order valence-electron chi connectivity index (χ1n) is 9.43. The third kappa shape index (κ3) is 5.18. The van der Waals surface area contributed by atoms with Gasteiger partial charge in [-0.3, -0.25) is 9.52 Å². The molecule has 6 nitrogen and oxygen atoms in total. The van der Waals surface area contributed by atoms with E-state index in [1.165, 1.54) is 12.1 Å². The van der Waals surface area contributed by atoms with Gasteiger partial charge in [0.15, 0.2) is 6.61 Å². The molecule has 0 heterocycles. The lowest BCUT2D eigenvalue weighted by molar-refractivity contribution is -0.118. The summed E-state index contributed by atoms with van der Waals surface area (Å²) in [5.74, 6) is 0.162. The fourth-order valence-electron chi connectivity index (χ4n) is 2.89. The predicted molar refractivity (Wildman–Crippen MR) is 118 cm³/mol. The van der Waals surface area contributed by atoms with Gasteiger partial charge in [0.1, 0.15) is 5.75 Å². The minimum atomic E-state index is -3.72. The number of carbonyl (C=O) groups excluding carboxylic acids is 1. The summed E-state index contributed by atoms with van der Waals surface area (Å²) in [6, 6.07) is 18.9. The quantitative estimate of drug-likeness (QED) is 0.588. The maximum Gasteiger partial charge on any atom is 0.262 e. The maximum absolute atomic E-state index is 12.6. The van der Waals surface area contributed by atoms with Gasteiger partial charge in [-0.1, -0.05) is 30.3 Å². The highest BCUT2D eigenvalue weighted by Gasteiger charge is 2.16. The topological polar surface area (TPSA) is 84.5 Å². The molecule has 0 radical (unpaired) electrons. The van der Waals surface area contributed by atoms with Crippen LogP contribution in [0.2, 0.25) is 0 Å². The minimum Gasteiger partial charge on any atom is -0.483 e. The van der Waals surface area contributed by atoms with Crippen molar-refractivity contribution in [2.24, 2.45) is 0 Å². The smallest absolute Gasteiger partial charge is 0.262 e. The molecule has 2 N–H and O–H groups in total. The number of amides is 1. The average Bonchev–Trinajstić information content (AvgIpc) is 2.71. The van der Waals surface area contributed by atoms with Crippen molar-refractivity contribution in [2.45, 2.75) is 25.7 Å². The van der Waals surface area contributed by atoms with Gasteiger partial charge >= 0.3 is 0 Å². The lowest BCUT2D eigenvalue weighted by atomic mass is 10.1. The molecule has 3 rings (SSSR count). The molecule has 156 valence electrons. The third-order valence-electron chi connectivity index (χ3n) is 4.72. The second-order valence-electron chi connectivity index (χ2n) is 6.98. The Labute approximate surface area is 177 Å². The van der Waals surface area contributed by atoms with Crippen LogP contribution in [0.25, 0.3) is 0 Å². The number of hydrogen-bond acceptors (Lipinski definition) is 4. The molecule has 3 aromatic carbocycles. The van der Waals surface area contributed by atoms with Gasteiger partial charge in [-0.05, 0) is 73.9 Å². The van der Waals surface area contributed by atoms with Crippen molar-refractivity contribution in [1.82, 2.24) is 0 Å². The van der Waals surface area contributed by atoms with E-state index >= 15 is 0 Å². The molecule has 0 saturated heterocycles. The third-order valence-corrected chi connectivity index (χ3v) is 6.10. The number of carbonyl (C=O) groups is 1. The highest BCUT2D eigenvalue weighted by Crippen LogP contribution is 2.24. The second kappa shape index (κ2) is 9.00. The summed E-state index contributed by atoms with van der Waals surface area (Å²) >= 11 is 0. The van der Waals surface area contributed by atoms with Crippen LogP contribution in [0.15, 0.2) is 71.6 Å². The van der Waals surface area contributed by atoms with E-state index in [1.807, 2.05) is 38.1 Å². The zero-order chi connectivity index (χ0) is 21.7. The zero-order valence-electron chi connectivity index (χ0n) is 17.1. The lowest BCUT2D eigenvalue weighted by Crippen LogP contribution is -2.21. The van der Waals surface area contributed by atoms with E-state index in [0.29, 0.717) is 17.0 Å². The van der Waals surface area contributed by atoms with Gasteiger partial charge in [-0.2, -0.15) is 0 Å². The second-order valence-corrected chi connectivity index (χ2v) is 8.67. The van der Waals surface area contributed by atoms with Crippen LogP contribution in [0.5, 0.6) is 5.75 Å². The van der Waals surface area contributed by atoms with Crippen LogP contribution in [0.4, 0.5) is 11.4 Å². The Hall–Kier alpha value is -3.32. The monoisotopic (exact) mass is 424 g/mol. The van der Waals surface area contributed by atoms with Gasteiger partial charge in [-0.25, -0.2) is 8.42 Å². The molecular weight excluding hydrogens is 400 g/mol. The molecule has 0 unspecified atom stereocenters. The van der Waals surface area contributed by atoms with E-state index < -0.39 is 10.0 Å². The number of nitrogens with one attached hydrogen (secondary N) is 2. The molecule has 0 aliphatic carbocycles. The number of ether oxygens (including phenoxy) is 1. The van der Waals surface area contributed by atoms with Crippen LogP contribution in [-0.4, -0.2) is 20.9 Å². The van der Waals surface area contributed by atoms with Crippen LogP contribution >= 0.6 is 0 Å². The summed E-state index contributed by atoms with van der Waals surface area (Å²) in [6.45, 7) is 5.48. The summed E-state index contributed by atoms with van der Waals surface area (Å²) in [5, 5.41) is 2.83. The van der Waals surface area contributed by atoms with E-state index in [0.717, 1.165) is 16.8 Å². The number of para-hydroxylation sites is 1. The largest absolute Gasteiger partial charge is 0.483 e. The summed E-state index contributed by atoms with van der Waals surface area (Å²) in [6.07, 6.45) is 0. The van der Waals surface area contributed by atoms with Crippen LogP contribution in [0.1, 0.15) is 16.7 Å². The molecule has 0 saturated carbocycles. The molecule has 30 heavy (non-hydrogen) atoms. The Balaban J connectivity index is 1.65. The number of sulfonamides is 1. The SMILES string of the molecule is Cc1cc(S(=O)(=O)Nc2ccccc2)ccc1OCC(=O)Nc1cccc(C)c1C. The van der Waals surface area contributed by atoms with Gasteiger partial charge in [-0.15, -0.1) is 0 Å². The van der Waals surface area contributed by atoms with E-state index in [2.05, 4.69) is 10.0 Å². The van der Waals surface area contributed by atoms with Crippen LogP contribution in [0.3, 0.4) is 0 Å². The molecule has 0 bridgehead atoms. The summed E-state index contributed by atoms with van der Waals surface area (Å²) < 4.78 is 33.3. The number of anilines is 2. The summed E-state index contributed by atoms with van der Waals surface area (Å²) in [5.41, 5.74) is 3.94. The molecule has 0 aliphatic rings. The van der Waals surface area contributed by atoms with Crippen molar-refractivity contribution < 1.29 is 17.9 Å².